The molecule has 2 fully saturated rings. The smallest absolute Gasteiger partial charge is 0.327 e. The molecule has 2 aromatic carbocycles. The maximum absolute atomic E-state index is 12.2. The van der Waals surface area contributed by atoms with Gasteiger partial charge >= 0.3 is 6.01 Å². The number of hydrogen-bond donors (Lipinski definition) is 1. The highest BCUT2D eigenvalue weighted by molar-refractivity contribution is 5.94. The second kappa shape index (κ2) is 7.77. The molecular weight excluding hydrogens is 434 g/mol. The Bertz CT molecular complexity index is 1370. The second-order valence-corrected chi connectivity index (χ2v) is 9.05. The number of benzene rings is 2. The lowest BCUT2D eigenvalue weighted by Crippen LogP contribution is -2.66. The number of aromatic nitrogens is 5. The third kappa shape index (κ3) is 3.52. The molecule has 4 heterocycles. The van der Waals surface area contributed by atoms with Crippen LogP contribution >= 0.6 is 0 Å². The molecule has 0 saturated carbocycles. The van der Waals surface area contributed by atoms with Crippen LogP contribution in [0.25, 0.3) is 22.3 Å². The van der Waals surface area contributed by atoms with Crippen molar-refractivity contribution >= 4 is 22.8 Å². The van der Waals surface area contributed by atoms with Gasteiger partial charge in [-0.25, -0.2) is 0 Å². The summed E-state index contributed by atoms with van der Waals surface area (Å²) >= 11 is 0. The van der Waals surface area contributed by atoms with E-state index < -0.39 is 0 Å². The van der Waals surface area contributed by atoms with Crippen molar-refractivity contribution in [2.75, 3.05) is 45.3 Å². The number of carbonyl (C=O) groups excluding carboxylic acids is 1. The van der Waals surface area contributed by atoms with Gasteiger partial charge in [0.1, 0.15) is 5.75 Å². The van der Waals surface area contributed by atoms with E-state index in [2.05, 4.69) is 25.1 Å². The third-order valence-electron chi connectivity index (χ3n) is 6.20. The summed E-state index contributed by atoms with van der Waals surface area (Å²) in [7, 11) is 3.44. The van der Waals surface area contributed by atoms with E-state index in [1.807, 2.05) is 18.2 Å². The van der Waals surface area contributed by atoms with Gasteiger partial charge in [0.15, 0.2) is 5.82 Å². The zero-order valence-corrected chi connectivity index (χ0v) is 18.9. The fourth-order valence-electron chi connectivity index (χ4n) is 4.32. The Hall–Kier alpha value is -4.05. The summed E-state index contributed by atoms with van der Waals surface area (Å²) in [5, 5.41) is 8.06. The van der Waals surface area contributed by atoms with Crippen LogP contribution in [0.15, 0.2) is 48.7 Å². The molecule has 10 heteroatoms. The molecule has 4 aromatic rings. The Labute approximate surface area is 195 Å². The molecule has 172 valence electrons. The van der Waals surface area contributed by atoms with Crippen molar-refractivity contribution in [3.8, 4) is 23.1 Å². The Kier molecular flexibility index (Phi) is 4.70. The number of anilines is 1. The van der Waals surface area contributed by atoms with Gasteiger partial charge in [-0.2, -0.15) is 20.1 Å². The molecule has 2 aliphatic heterocycles. The molecule has 2 saturated heterocycles. The zero-order valence-electron chi connectivity index (χ0n) is 18.9. The Balaban J connectivity index is 1.35. The lowest BCUT2D eigenvalue weighted by Gasteiger charge is -2.54. The van der Waals surface area contributed by atoms with Gasteiger partial charge in [-0.05, 0) is 30.3 Å². The molecule has 0 radical (unpaired) electrons. The van der Waals surface area contributed by atoms with Gasteiger partial charge in [-0.1, -0.05) is 12.1 Å². The minimum Gasteiger partial charge on any atom is -0.424 e. The van der Waals surface area contributed by atoms with Crippen molar-refractivity contribution < 1.29 is 14.3 Å². The lowest BCUT2D eigenvalue weighted by atomic mass is 9.78. The molecule has 34 heavy (non-hydrogen) atoms. The van der Waals surface area contributed by atoms with Crippen molar-refractivity contribution in [2.24, 2.45) is 5.41 Å². The number of rotatable bonds is 5. The first-order chi connectivity index (χ1) is 16.5. The van der Waals surface area contributed by atoms with Crippen molar-refractivity contribution in [1.29, 1.82) is 0 Å². The highest BCUT2D eigenvalue weighted by atomic mass is 16.5. The van der Waals surface area contributed by atoms with Crippen LogP contribution in [0.5, 0.6) is 11.8 Å². The van der Waals surface area contributed by atoms with E-state index in [9.17, 15) is 4.79 Å². The van der Waals surface area contributed by atoms with Gasteiger partial charge in [0.2, 0.25) is 5.95 Å². The molecule has 2 aliphatic rings. The molecular formula is C24H23N7O3. The number of ether oxygens (including phenoxy) is 2. The van der Waals surface area contributed by atoms with Crippen molar-refractivity contribution in [3.63, 3.8) is 0 Å². The number of H-pyrrole nitrogens is 1. The fraction of sp³-hybridized carbons (Fsp3) is 0.292. The number of carbonyl (C=O) groups is 1. The van der Waals surface area contributed by atoms with Crippen molar-refractivity contribution in [1.82, 2.24) is 30.0 Å². The topological polar surface area (TPSA) is 109 Å². The predicted molar refractivity (Wildman–Crippen MR) is 125 cm³/mol. The first-order valence-electron chi connectivity index (χ1n) is 11.0. The van der Waals surface area contributed by atoms with Crippen LogP contribution in [0.4, 0.5) is 5.95 Å². The SMILES string of the molecule is CN(C)C(=O)c1ccc(Oc2nc(-c3cccc4[nH]ncc34)nc(N3CC4(COC4)C3)n2)cc1. The predicted octanol–water partition coefficient (Wildman–Crippen LogP) is 2.75. The Morgan fingerprint density at radius 1 is 1.09 bits per heavy atom. The molecule has 0 aliphatic carbocycles. The summed E-state index contributed by atoms with van der Waals surface area (Å²) in [6.07, 6.45) is 1.76. The van der Waals surface area contributed by atoms with Crippen LogP contribution in [0, 0.1) is 5.41 Å². The summed E-state index contributed by atoms with van der Waals surface area (Å²) in [6, 6.07) is 13.0. The minimum atomic E-state index is -0.0730. The van der Waals surface area contributed by atoms with Gasteiger partial charge in [0.25, 0.3) is 5.91 Å². The zero-order chi connectivity index (χ0) is 23.3. The maximum Gasteiger partial charge on any atom is 0.327 e. The first kappa shape index (κ1) is 20.5. The molecule has 1 N–H and O–H groups in total. The summed E-state index contributed by atoms with van der Waals surface area (Å²) < 4.78 is 11.4. The number of amides is 1. The Morgan fingerprint density at radius 2 is 1.88 bits per heavy atom. The number of nitrogens with one attached hydrogen (secondary N) is 1. The van der Waals surface area contributed by atoms with Crippen LogP contribution in [0.3, 0.4) is 0 Å². The average molecular weight is 457 g/mol. The molecule has 1 amide bonds. The highest BCUT2D eigenvalue weighted by Crippen LogP contribution is 2.40. The number of hydrogen-bond acceptors (Lipinski definition) is 8. The largest absolute Gasteiger partial charge is 0.424 e. The van der Waals surface area contributed by atoms with Crippen LogP contribution in [-0.4, -0.2) is 76.4 Å². The standard InChI is InChI=1S/C24H23N7O3/c1-30(2)21(32)15-6-8-16(9-7-15)34-23-27-20(17-4-3-5-19-18(17)10-25-29-19)26-22(28-23)31-11-24(12-31)13-33-14-24/h3-10H,11-14H2,1-2H3,(H,25,29). The van der Waals surface area contributed by atoms with E-state index in [1.54, 1.807) is 44.6 Å². The van der Waals surface area contributed by atoms with Crippen LogP contribution in [-0.2, 0) is 4.74 Å². The van der Waals surface area contributed by atoms with E-state index in [4.69, 9.17) is 14.5 Å². The highest BCUT2D eigenvalue weighted by Gasteiger charge is 2.50. The van der Waals surface area contributed by atoms with Crippen molar-refractivity contribution in [3.05, 3.63) is 54.2 Å². The summed E-state index contributed by atoms with van der Waals surface area (Å²) in [5.41, 5.74) is 2.54. The van der Waals surface area contributed by atoms with Crippen LogP contribution in [0.1, 0.15) is 10.4 Å². The molecule has 1 spiro atoms. The van der Waals surface area contributed by atoms with E-state index in [0.29, 0.717) is 23.1 Å². The summed E-state index contributed by atoms with van der Waals surface area (Å²) in [5.74, 6) is 1.54. The molecule has 0 bridgehead atoms. The Morgan fingerprint density at radius 3 is 2.59 bits per heavy atom. The van der Waals surface area contributed by atoms with Gasteiger partial charge in [-0.15, -0.1) is 0 Å². The quantitative estimate of drug-likeness (QED) is 0.487. The van der Waals surface area contributed by atoms with Gasteiger partial charge < -0.3 is 19.3 Å². The molecule has 10 nitrogen and oxygen atoms in total. The van der Waals surface area contributed by atoms with E-state index in [1.165, 1.54) is 4.90 Å². The van der Waals surface area contributed by atoms with Crippen LogP contribution < -0.4 is 9.64 Å². The maximum atomic E-state index is 12.2. The van der Waals surface area contributed by atoms with Crippen LogP contribution in [0.2, 0.25) is 0 Å². The monoisotopic (exact) mass is 457 g/mol. The van der Waals surface area contributed by atoms with Gasteiger partial charge in [-0.3, -0.25) is 9.89 Å². The molecule has 0 unspecified atom stereocenters. The number of nitrogens with zero attached hydrogens (tertiary/aromatic N) is 6. The number of aromatic amines is 1. The van der Waals surface area contributed by atoms with E-state index in [-0.39, 0.29) is 17.3 Å². The van der Waals surface area contributed by atoms with E-state index in [0.717, 1.165) is 42.8 Å². The molecule has 2 aromatic heterocycles. The second-order valence-electron chi connectivity index (χ2n) is 9.05. The van der Waals surface area contributed by atoms with Gasteiger partial charge in [0, 0.05) is 43.7 Å². The average Bonchev–Trinajstić information content (AvgIpc) is 3.26. The molecule has 6 rings (SSSR count). The normalized spacial score (nSPS) is 16.2. The lowest BCUT2D eigenvalue weighted by molar-refractivity contribution is -0.127. The summed E-state index contributed by atoms with van der Waals surface area (Å²) in [6.45, 7) is 3.23. The molecule has 0 atom stereocenters. The number of fused-ring (bicyclic) bond motifs is 1. The third-order valence-corrected chi connectivity index (χ3v) is 6.20. The van der Waals surface area contributed by atoms with Gasteiger partial charge in [0.05, 0.1) is 30.3 Å². The van der Waals surface area contributed by atoms with Crippen molar-refractivity contribution in [2.45, 2.75) is 0 Å². The first-order valence-corrected chi connectivity index (χ1v) is 11.0. The fourth-order valence-corrected chi connectivity index (χ4v) is 4.32. The minimum absolute atomic E-state index is 0.0730. The summed E-state index contributed by atoms with van der Waals surface area (Å²) in [4.78, 5) is 29.8. The van der Waals surface area contributed by atoms with E-state index >= 15 is 0 Å².